The topological polar surface area (TPSA) is 66.8 Å². The summed E-state index contributed by atoms with van der Waals surface area (Å²) in [5.74, 6) is -2.06. The number of Topliss-reactive ketones (excluding diaryl/α,β-unsaturated/α-hetero) is 1. The molecule has 2 saturated carbocycles. The van der Waals surface area contributed by atoms with E-state index >= 15 is 4.39 Å². The van der Waals surface area contributed by atoms with Crippen LogP contribution in [-0.4, -0.2) is 41.5 Å². The normalized spacial score (nSPS) is 23.7. The highest BCUT2D eigenvalue weighted by Gasteiger charge is 2.51. The zero-order valence-electron chi connectivity index (χ0n) is 23.6. The summed E-state index contributed by atoms with van der Waals surface area (Å²) in [5.41, 5.74) is -0.674. The van der Waals surface area contributed by atoms with Crippen molar-refractivity contribution in [1.82, 2.24) is 4.90 Å². The predicted molar refractivity (Wildman–Crippen MR) is 150 cm³/mol. The highest BCUT2D eigenvalue weighted by atomic mass is 35.5. The van der Waals surface area contributed by atoms with Crippen molar-refractivity contribution in [1.29, 1.82) is 0 Å². The molecule has 2 atom stereocenters. The lowest BCUT2D eigenvalue weighted by molar-refractivity contribution is -0.150. The summed E-state index contributed by atoms with van der Waals surface area (Å²) >= 11 is 6.18. The molecule has 1 saturated heterocycles. The van der Waals surface area contributed by atoms with E-state index in [1.165, 1.54) is 12.1 Å². The van der Waals surface area contributed by atoms with Gasteiger partial charge in [0.1, 0.15) is 11.6 Å². The van der Waals surface area contributed by atoms with Crippen molar-refractivity contribution < 1.29 is 37.0 Å². The van der Waals surface area contributed by atoms with Crippen molar-refractivity contribution in [2.75, 3.05) is 19.7 Å². The van der Waals surface area contributed by atoms with Crippen molar-refractivity contribution in [2.24, 2.45) is 17.3 Å². The van der Waals surface area contributed by atoms with E-state index in [0.717, 1.165) is 43.4 Å². The quantitative estimate of drug-likeness (QED) is 0.218. The van der Waals surface area contributed by atoms with Crippen molar-refractivity contribution in [3.05, 3.63) is 63.4 Å². The van der Waals surface area contributed by atoms with Gasteiger partial charge < -0.3 is 9.84 Å². The number of ether oxygens (including phenoxy) is 1. The van der Waals surface area contributed by atoms with Crippen LogP contribution in [-0.2, 0) is 17.5 Å². The number of hydrogen-bond acceptors (Lipinski definition) is 4. The summed E-state index contributed by atoms with van der Waals surface area (Å²) in [5, 5.41) is 10.2. The Balaban J connectivity index is 1.22. The minimum atomic E-state index is -4.43. The fourth-order valence-electron chi connectivity index (χ4n) is 6.70. The Morgan fingerprint density at radius 3 is 2.43 bits per heavy atom. The van der Waals surface area contributed by atoms with Gasteiger partial charge in [0, 0.05) is 23.6 Å². The molecule has 10 heteroatoms. The van der Waals surface area contributed by atoms with Crippen LogP contribution in [0.5, 0.6) is 5.75 Å². The molecule has 0 bridgehead atoms. The molecule has 42 heavy (non-hydrogen) atoms. The highest BCUT2D eigenvalue weighted by molar-refractivity contribution is 6.31. The number of alkyl halides is 3. The number of carboxylic acids is 1. The van der Waals surface area contributed by atoms with E-state index in [9.17, 15) is 27.9 Å². The maximum absolute atomic E-state index is 15.4. The molecule has 0 amide bonds. The van der Waals surface area contributed by atoms with E-state index in [1.807, 2.05) is 0 Å². The molecule has 1 N–H and O–H groups in total. The highest BCUT2D eigenvalue weighted by Crippen LogP contribution is 2.49. The van der Waals surface area contributed by atoms with Crippen LogP contribution in [0, 0.1) is 23.1 Å². The van der Waals surface area contributed by atoms with E-state index < -0.39 is 40.6 Å². The lowest BCUT2D eigenvalue weighted by atomic mass is 9.72. The number of nitrogens with zero attached hydrogens (tertiary/aromatic N) is 1. The zero-order valence-corrected chi connectivity index (χ0v) is 24.4. The minimum Gasteiger partial charge on any atom is -0.493 e. The van der Waals surface area contributed by atoms with Gasteiger partial charge in [-0.1, -0.05) is 24.9 Å². The molecule has 0 aromatic heterocycles. The molecule has 0 unspecified atom stereocenters. The first-order valence-electron chi connectivity index (χ1n) is 14.7. The first kappa shape index (κ1) is 30.8. The number of carbonyl (C=O) groups excluding carboxylic acids is 1. The van der Waals surface area contributed by atoms with Crippen LogP contribution in [0.25, 0.3) is 0 Å². The molecular formula is C32H36ClF4NO4. The molecular weight excluding hydrogens is 574 g/mol. The second kappa shape index (κ2) is 12.2. The Labute approximate surface area is 248 Å². The smallest absolute Gasteiger partial charge is 0.416 e. The van der Waals surface area contributed by atoms with Gasteiger partial charge in [0.15, 0.2) is 5.78 Å². The van der Waals surface area contributed by atoms with Gasteiger partial charge in [0.05, 0.1) is 23.1 Å². The van der Waals surface area contributed by atoms with E-state index in [2.05, 4.69) is 4.90 Å². The third-order valence-electron chi connectivity index (χ3n) is 9.49. The maximum atomic E-state index is 15.4. The summed E-state index contributed by atoms with van der Waals surface area (Å²) in [6.45, 7) is 3.80. The Morgan fingerprint density at radius 1 is 1.10 bits per heavy atom. The molecule has 0 radical (unpaired) electrons. The summed E-state index contributed by atoms with van der Waals surface area (Å²) < 4.78 is 60.9. The first-order valence-corrected chi connectivity index (χ1v) is 15.1. The Kier molecular flexibility index (Phi) is 8.91. The number of piperidine rings is 1. The third-order valence-corrected chi connectivity index (χ3v) is 9.86. The number of aliphatic carboxylic acids is 1. The zero-order chi connectivity index (χ0) is 30.2. The molecule has 1 heterocycles. The summed E-state index contributed by atoms with van der Waals surface area (Å²) in [6, 6.07) is 6.26. The van der Waals surface area contributed by atoms with Crippen molar-refractivity contribution in [3.8, 4) is 5.75 Å². The second-order valence-electron chi connectivity index (χ2n) is 12.1. The van der Waals surface area contributed by atoms with Gasteiger partial charge in [-0.2, -0.15) is 13.2 Å². The minimum absolute atomic E-state index is 0.0446. The van der Waals surface area contributed by atoms with Gasteiger partial charge in [0.2, 0.25) is 0 Å². The molecule has 2 aromatic carbocycles. The van der Waals surface area contributed by atoms with Crippen LogP contribution in [0.1, 0.15) is 91.3 Å². The van der Waals surface area contributed by atoms with Crippen LogP contribution < -0.4 is 4.74 Å². The predicted octanol–water partition coefficient (Wildman–Crippen LogP) is 8.13. The van der Waals surface area contributed by atoms with E-state index in [-0.39, 0.29) is 17.4 Å². The number of halogens is 5. The Hall–Kier alpha value is -2.65. The number of ketones is 1. The van der Waals surface area contributed by atoms with Crippen LogP contribution in [0.2, 0.25) is 5.02 Å². The Bertz CT molecular complexity index is 1340. The van der Waals surface area contributed by atoms with Gasteiger partial charge in [0.25, 0.3) is 0 Å². The average molecular weight is 610 g/mol. The lowest BCUT2D eigenvalue weighted by Gasteiger charge is -2.32. The average Bonchev–Trinajstić information content (AvgIpc) is 3.70. The van der Waals surface area contributed by atoms with E-state index in [4.69, 9.17) is 16.3 Å². The van der Waals surface area contributed by atoms with E-state index in [1.54, 1.807) is 13.0 Å². The second-order valence-corrected chi connectivity index (χ2v) is 12.5. The largest absolute Gasteiger partial charge is 0.493 e. The number of carboxylic acid groups (broad SMARTS) is 1. The lowest BCUT2D eigenvalue weighted by Crippen LogP contribution is -2.38. The molecule has 3 aliphatic rings. The van der Waals surface area contributed by atoms with Crippen LogP contribution in [0.15, 0.2) is 30.3 Å². The maximum Gasteiger partial charge on any atom is 0.416 e. The van der Waals surface area contributed by atoms with Crippen LogP contribution in [0.4, 0.5) is 17.6 Å². The first-order chi connectivity index (χ1) is 19.9. The Morgan fingerprint density at radius 2 is 1.81 bits per heavy atom. The standard InChI is InChI=1S/C32H36ClF4NO4/c1-2-31(30(40)41)11-3-4-25(31)29(39)24-15-23(20-5-6-20)28(16-27(24)34)42-18-19-9-12-38(13-10-19)17-21-14-22(32(35,36)37)7-8-26(21)33/h7-8,14-16,19-20,25H,2-6,9-13,17-18H2,1H3,(H,40,41)/t25-,31+/m0/s1. The van der Waals surface area contributed by atoms with E-state index in [0.29, 0.717) is 68.3 Å². The molecule has 2 aromatic rings. The molecule has 1 aliphatic heterocycles. The van der Waals surface area contributed by atoms with Gasteiger partial charge in [-0.3, -0.25) is 14.5 Å². The molecule has 5 nitrogen and oxygen atoms in total. The number of likely N-dealkylation sites (tertiary alicyclic amines) is 1. The third kappa shape index (κ3) is 6.32. The summed E-state index contributed by atoms with van der Waals surface area (Å²) in [4.78, 5) is 27.7. The van der Waals surface area contributed by atoms with Crippen molar-refractivity contribution in [3.63, 3.8) is 0 Å². The SMILES string of the molecule is CC[C@@]1(C(=O)O)CCC[C@H]1C(=O)c1cc(C2CC2)c(OCC2CCN(Cc3cc(C(F)(F)F)ccc3Cl)CC2)cc1F. The summed E-state index contributed by atoms with van der Waals surface area (Å²) in [6.07, 6.45) is 0.752. The van der Waals surface area contributed by atoms with Crippen molar-refractivity contribution >= 4 is 23.4 Å². The number of rotatable bonds is 10. The number of carbonyl (C=O) groups is 2. The van der Waals surface area contributed by atoms with Crippen LogP contribution >= 0.6 is 11.6 Å². The molecule has 228 valence electrons. The van der Waals surface area contributed by atoms with Crippen LogP contribution in [0.3, 0.4) is 0 Å². The fraction of sp³-hybridized carbons (Fsp3) is 0.562. The molecule has 5 rings (SSSR count). The molecule has 3 fully saturated rings. The monoisotopic (exact) mass is 609 g/mol. The van der Waals surface area contributed by atoms with Gasteiger partial charge in [-0.15, -0.1) is 0 Å². The van der Waals surface area contributed by atoms with Gasteiger partial charge in [-0.05, 0) is 105 Å². The fourth-order valence-corrected chi connectivity index (χ4v) is 6.88. The van der Waals surface area contributed by atoms with Gasteiger partial charge in [-0.25, -0.2) is 4.39 Å². The van der Waals surface area contributed by atoms with Gasteiger partial charge >= 0.3 is 12.1 Å². The van der Waals surface area contributed by atoms with Crippen molar-refractivity contribution in [2.45, 2.75) is 76.9 Å². The summed E-state index contributed by atoms with van der Waals surface area (Å²) in [7, 11) is 0. The molecule has 0 spiro atoms. The number of benzene rings is 2. The number of hydrogen-bond donors (Lipinski definition) is 1. The molecule has 2 aliphatic carbocycles.